The van der Waals surface area contributed by atoms with Crippen LogP contribution in [0.2, 0.25) is 5.54 Å². The Morgan fingerprint density at radius 3 is 2.25 bits per heavy atom. The van der Waals surface area contributed by atoms with Crippen molar-refractivity contribution in [3.05, 3.63) is 0 Å². The molecule has 0 saturated carbocycles. The van der Waals surface area contributed by atoms with Gasteiger partial charge in [-0.1, -0.05) is 6.92 Å². The van der Waals surface area contributed by atoms with Crippen LogP contribution in [0.1, 0.15) is 8.35 Å². The van der Waals surface area contributed by atoms with Crippen molar-refractivity contribution in [2.24, 2.45) is 0 Å². The van der Waals surface area contributed by atoms with Crippen LogP contribution in [0.25, 0.3) is 0 Å². The molecular weight excluding hydrogens is 135 g/mol. The largest absolute Gasteiger partial charge is 1.00 e. The minimum absolute atomic E-state index is 0. The Hall–Kier alpha value is 0.647. The molecular formula is C3H9NaO3Si. The van der Waals surface area contributed by atoms with Crippen molar-refractivity contribution < 1.29 is 45.7 Å². The van der Waals surface area contributed by atoms with Gasteiger partial charge < -0.3 is 11.3 Å². The van der Waals surface area contributed by atoms with E-state index < -0.39 is 21.3 Å². The minimum atomic E-state index is -1.31. The number of hydrogen-bond acceptors (Lipinski definition) is 2. The summed E-state index contributed by atoms with van der Waals surface area (Å²) in [4.78, 5) is 18.1. The Kier molecular flexibility index (Phi) is 8.27. The van der Waals surface area contributed by atoms with Gasteiger partial charge in [0.05, 0.1) is 5.54 Å². The molecule has 0 spiro atoms. The Morgan fingerprint density at radius 1 is 1.88 bits per heavy atom. The van der Waals surface area contributed by atoms with Crippen molar-refractivity contribution in [2.75, 3.05) is 0 Å². The fourth-order valence-corrected chi connectivity index (χ4v) is 0.234. The molecule has 0 aromatic rings. The van der Waals surface area contributed by atoms with Crippen LogP contribution in [0, 0.1) is 0 Å². The number of aliphatic carboxylic acids is 1. The molecule has 0 aliphatic rings. The van der Waals surface area contributed by atoms with Gasteiger partial charge in [0.15, 0.2) is 9.76 Å². The van der Waals surface area contributed by atoms with Crippen LogP contribution in [0.4, 0.5) is 0 Å². The zero-order valence-electron chi connectivity index (χ0n) is 6.09. The van der Waals surface area contributed by atoms with Crippen molar-refractivity contribution in [3.8, 4) is 0 Å². The summed E-state index contributed by atoms with van der Waals surface area (Å²) in [5.74, 6) is -0.894. The third-order valence-corrected chi connectivity index (χ3v) is 1.59. The van der Waals surface area contributed by atoms with Crippen LogP contribution in [0.5, 0.6) is 0 Å². The molecule has 0 bridgehead atoms. The average Bonchev–Trinajstić information content (AvgIpc) is 1.65. The molecule has 0 aromatic carbocycles. The molecule has 0 rings (SSSR count). The molecule has 1 unspecified atom stereocenters. The van der Waals surface area contributed by atoms with Crippen LogP contribution in [0.15, 0.2) is 0 Å². The fourth-order valence-electron chi connectivity index (χ4n) is 0.0781. The first-order valence-corrected chi connectivity index (χ1v) is 3.47. The van der Waals surface area contributed by atoms with E-state index in [1.165, 1.54) is 6.92 Å². The van der Waals surface area contributed by atoms with Gasteiger partial charge in [-0.25, -0.2) is 0 Å². The molecule has 0 heterocycles. The Morgan fingerprint density at radius 2 is 2.25 bits per heavy atom. The predicted octanol–water partition coefficient (Wildman–Crippen LogP) is -3.93. The summed E-state index contributed by atoms with van der Waals surface area (Å²) in [6, 6.07) is 0. The summed E-state index contributed by atoms with van der Waals surface area (Å²) in [6.07, 6.45) is 0. The monoisotopic (exact) mass is 144 g/mol. The zero-order valence-corrected chi connectivity index (χ0v) is 8.50. The standard InChI is InChI=1S/C3H8O3Si.Na.H/c1-2(7-6)3(4)5;;/h2,6H,7H2,1H3,(H,4,5);;/q;+1;-1. The molecule has 0 aromatic heterocycles. The van der Waals surface area contributed by atoms with E-state index >= 15 is 0 Å². The molecule has 0 radical (unpaired) electrons. The molecule has 8 heavy (non-hydrogen) atoms. The molecule has 0 aliphatic carbocycles. The topological polar surface area (TPSA) is 57.5 Å². The van der Waals surface area contributed by atoms with Crippen molar-refractivity contribution in [3.63, 3.8) is 0 Å². The van der Waals surface area contributed by atoms with Gasteiger partial charge in [0.25, 0.3) is 0 Å². The number of carbonyl (C=O) groups is 1. The molecule has 0 amide bonds. The van der Waals surface area contributed by atoms with Gasteiger partial charge in [0.2, 0.25) is 0 Å². The molecule has 1 atom stereocenters. The quantitative estimate of drug-likeness (QED) is 0.389. The Labute approximate surface area is 73.8 Å². The first-order chi connectivity index (χ1) is 3.18. The van der Waals surface area contributed by atoms with Crippen molar-refractivity contribution >= 4 is 15.7 Å². The van der Waals surface area contributed by atoms with Gasteiger partial charge >= 0.3 is 35.5 Å². The summed E-state index contributed by atoms with van der Waals surface area (Å²) in [5.41, 5.74) is -0.486. The van der Waals surface area contributed by atoms with Crippen LogP contribution in [-0.2, 0) is 4.79 Å². The number of carboxylic acid groups (broad SMARTS) is 1. The maximum atomic E-state index is 9.81. The molecule has 0 fully saturated rings. The van der Waals surface area contributed by atoms with Crippen LogP contribution in [-0.4, -0.2) is 25.6 Å². The van der Waals surface area contributed by atoms with Gasteiger partial charge in [0.1, 0.15) is 0 Å². The summed E-state index contributed by atoms with van der Waals surface area (Å²) in [6.45, 7) is 1.51. The van der Waals surface area contributed by atoms with E-state index in [2.05, 4.69) is 0 Å². The van der Waals surface area contributed by atoms with Gasteiger partial charge in [-0.2, -0.15) is 0 Å². The summed E-state index contributed by atoms with van der Waals surface area (Å²) < 4.78 is 0. The molecule has 0 saturated heterocycles. The Bertz CT molecular complexity index is 81.5. The van der Waals surface area contributed by atoms with Crippen molar-refractivity contribution in [1.29, 1.82) is 0 Å². The molecule has 2 N–H and O–H groups in total. The maximum absolute atomic E-state index is 9.81. The average molecular weight is 144 g/mol. The summed E-state index contributed by atoms with van der Waals surface area (Å²) >= 11 is 0. The predicted molar refractivity (Wildman–Crippen MR) is 28.9 cm³/mol. The smallest absolute Gasteiger partial charge is 1.00 e. The van der Waals surface area contributed by atoms with Gasteiger partial charge in [-0.3, -0.25) is 4.79 Å². The summed E-state index contributed by atoms with van der Waals surface area (Å²) in [5, 5.41) is 8.06. The Balaban J connectivity index is -0.000000180. The van der Waals surface area contributed by atoms with E-state index in [4.69, 9.17) is 9.90 Å². The zero-order chi connectivity index (χ0) is 5.86. The summed E-state index contributed by atoms with van der Waals surface area (Å²) in [7, 11) is -1.31. The van der Waals surface area contributed by atoms with E-state index in [0.29, 0.717) is 0 Å². The van der Waals surface area contributed by atoms with Crippen molar-refractivity contribution in [2.45, 2.75) is 12.5 Å². The normalized spacial score (nSPS) is 13.2. The van der Waals surface area contributed by atoms with Gasteiger partial charge in [-0.15, -0.1) is 0 Å². The van der Waals surface area contributed by atoms with Crippen molar-refractivity contribution in [1.82, 2.24) is 0 Å². The maximum Gasteiger partial charge on any atom is 1.00 e. The second-order valence-corrected chi connectivity index (χ2v) is 3.01. The minimum Gasteiger partial charge on any atom is -1.00 e. The third kappa shape index (κ3) is 4.80. The van der Waals surface area contributed by atoms with E-state index in [9.17, 15) is 4.79 Å². The van der Waals surface area contributed by atoms with Crippen LogP contribution >= 0.6 is 0 Å². The number of rotatable bonds is 2. The molecule has 0 aliphatic heterocycles. The van der Waals surface area contributed by atoms with E-state index in [0.717, 1.165) is 0 Å². The first kappa shape index (κ1) is 11.4. The molecule has 5 heteroatoms. The van der Waals surface area contributed by atoms with E-state index in [-0.39, 0.29) is 31.0 Å². The second kappa shape index (κ2) is 5.78. The van der Waals surface area contributed by atoms with Gasteiger partial charge in [0, 0.05) is 0 Å². The van der Waals surface area contributed by atoms with E-state index in [1.807, 2.05) is 0 Å². The van der Waals surface area contributed by atoms with E-state index in [1.54, 1.807) is 0 Å². The second-order valence-electron chi connectivity index (χ2n) is 1.42. The number of carboxylic acids is 1. The first-order valence-electron chi connectivity index (χ1n) is 2.02. The number of hydrogen-bond donors (Lipinski definition) is 2. The SMILES string of the molecule is CC([SiH2]O)C(=O)O.[H-].[Na+]. The molecule has 44 valence electrons. The molecule has 3 nitrogen and oxygen atoms in total. The third-order valence-electron chi connectivity index (χ3n) is 0.695. The fraction of sp³-hybridized carbons (Fsp3) is 0.667. The van der Waals surface area contributed by atoms with Gasteiger partial charge in [-0.05, 0) is 0 Å². The van der Waals surface area contributed by atoms with Crippen LogP contribution < -0.4 is 29.6 Å². The van der Waals surface area contributed by atoms with Crippen LogP contribution in [0.3, 0.4) is 0 Å².